The van der Waals surface area contributed by atoms with E-state index >= 15 is 0 Å². The zero-order valence-electron chi connectivity index (χ0n) is 15.8. The predicted molar refractivity (Wildman–Crippen MR) is 98.2 cm³/mol. The molecule has 1 atom stereocenters. The Balaban J connectivity index is 2.35. The van der Waals surface area contributed by atoms with Gasteiger partial charge >= 0.3 is 0 Å². The average Bonchev–Trinajstić information content (AvgIpc) is 2.54. The Morgan fingerprint density at radius 2 is 1.87 bits per heavy atom. The van der Waals surface area contributed by atoms with Gasteiger partial charge in [-0.25, -0.2) is 0 Å². The number of aliphatic imine (C=N–C) groups is 1. The first-order valence-electron chi connectivity index (χ1n) is 9.03. The van der Waals surface area contributed by atoms with Gasteiger partial charge in [-0.2, -0.15) is 0 Å². The summed E-state index contributed by atoms with van der Waals surface area (Å²) < 4.78 is 5.36. The van der Waals surface area contributed by atoms with Crippen LogP contribution in [0, 0.1) is 5.92 Å². The van der Waals surface area contributed by atoms with Gasteiger partial charge in [-0.15, -0.1) is 0 Å². The van der Waals surface area contributed by atoms with Crippen molar-refractivity contribution in [3.05, 3.63) is 0 Å². The molecule has 0 aromatic rings. The van der Waals surface area contributed by atoms with Crippen molar-refractivity contribution in [2.45, 2.75) is 33.2 Å². The Morgan fingerprint density at radius 3 is 2.43 bits per heavy atom. The molecule has 6 nitrogen and oxygen atoms in total. The first kappa shape index (κ1) is 20.2. The van der Waals surface area contributed by atoms with Gasteiger partial charge in [0.15, 0.2) is 5.96 Å². The summed E-state index contributed by atoms with van der Waals surface area (Å²) in [7, 11) is 4.03. The fourth-order valence-corrected chi connectivity index (χ4v) is 2.89. The highest BCUT2D eigenvalue weighted by Gasteiger charge is 2.24. The zero-order valence-corrected chi connectivity index (χ0v) is 15.8. The molecule has 1 heterocycles. The van der Waals surface area contributed by atoms with Crippen LogP contribution in [0.15, 0.2) is 4.99 Å². The van der Waals surface area contributed by atoms with Crippen LogP contribution in [0.3, 0.4) is 0 Å². The number of piperazine rings is 1. The summed E-state index contributed by atoms with van der Waals surface area (Å²) in [6.07, 6.45) is 1.00. The van der Waals surface area contributed by atoms with Crippen molar-refractivity contribution in [1.29, 1.82) is 0 Å². The lowest BCUT2D eigenvalue weighted by molar-refractivity contribution is 0.0900. The molecule has 1 saturated heterocycles. The number of nitrogens with zero attached hydrogens (tertiary/aromatic N) is 3. The molecular formula is C17H37N5O. The van der Waals surface area contributed by atoms with E-state index in [1.165, 1.54) is 0 Å². The summed E-state index contributed by atoms with van der Waals surface area (Å²) in [6.45, 7) is 14.7. The number of rotatable bonds is 9. The largest absolute Gasteiger partial charge is 0.382 e. The molecule has 1 aliphatic rings. The molecular weight excluding hydrogens is 290 g/mol. The van der Waals surface area contributed by atoms with Crippen molar-refractivity contribution in [2.24, 2.45) is 10.9 Å². The molecule has 0 bridgehead atoms. The second-order valence-electron chi connectivity index (χ2n) is 6.58. The highest BCUT2D eigenvalue weighted by Crippen LogP contribution is 2.12. The highest BCUT2D eigenvalue weighted by atomic mass is 16.5. The lowest BCUT2D eigenvalue weighted by atomic mass is 10.0. The summed E-state index contributed by atoms with van der Waals surface area (Å²) in [5.74, 6) is 1.52. The second-order valence-corrected chi connectivity index (χ2v) is 6.58. The number of nitrogens with one attached hydrogen (secondary N) is 2. The van der Waals surface area contributed by atoms with Crippen LogP contribution in [0.5, 0.6) is 0 Å². The van der Waals surface area contributed by atoms with Crippen LogP contribution < -0.4 is 10.6 Å². The van der Waals surface area contributed by atoms with Gasteiger partial charge in [0.25, 0.3) is 0 Å². The Hall–Kier alpha value is -0.850. The Labute approximate surface area is 142 Å². The summed E-state index contributed by atoms with van der Waals surface area (Å²) >= 11 is 0. The number of likely N-dealkylation sites (N-methyl/N-ethyl adjacent to an activating group) is 1. The maximum atomic E-state index is 5.36. The molecule has 23 heavy (non-hydrogen) atoms. The fraction of sp³-hybridized carbons (Fsp3) is 0.941. The second kappa shape index (κ2) is 11.6. The first-order valence-corrected chi connectivity index (χ1v) is 9.03. The highest BCUT2D eigenvalue weighted by molar-refractivity contribution is 5.79. The van der Waals surface area contributed by atoms with Crippen LogP contribution in [-0.2, 0) is 4.74 Å². The van der Waals surface area contributed by atoms with Crippen molar-refractivity contribution in [3.63, 3.8) is 0 Å². The summed E-state index contributed by atoms with van der Waals surface area (Å²) in [5, 5.41) is 6.86. The van der Waals surface area contributed by atoms with E-state index in [1.54, 1.807) is 0 Å². The molecule has 1 unspecified atom stereocenters. The molecule has 6 heteroatoms. The lowest BCUT2D eigenvalue weighted by Gasteiger charge is -2.40. The Kier molecular flexibility index (Phi) is 10.2. The molecule has 0 spiro atoms. The van der Waals surface area contributed by atoms with E-state index in [1.807, 2.05) is 14.0 Å². The predicted octanol–water partition coefficient (Wildman–Crippen LogP) is 0.850. The first-order chi connectivity index (χ1) is 11.1. The van der Waals surface area contributed by atoms with Gasteiger partial charge in [-0.05, 0) is 26.3 Å². The minimum absolute atomic E-state index is 0.547. The molecule has 1 fully saturated rings. The fourth-order valence-electron chi connectivity index (χ4n) is 2.89. The smallest absolute Gasteiger partial charge is 0.191 e. The maximum absolute atomic E-state index is 5.36. The molecule has 1 rings (SSSR count). The third kappa shape index (κ3) is 7.99. The van der Waals surface area contributed by atoms with E-state index in [-0.39, 0.29) is 0 Å². The number of guanidine groups is 1. The molecule has 0 aromatic heterocycles. The van der Waals surface area contributed by atoms with Gasteiger partial charge < -0.3 is 20.3 Å². The Bertz CT molecular complexity index is 327. The zero-order chi connectivity index (χ0) is 17.1. The summed E-state index contributed by atoms with van der Waals surface area (Å²) in [5.41, 5.74) is 0. The average molecular weight is 328 g/mol. The minimum atomic E-state index is 0.547. The van der Waals surface area contributed by atoms with Gasteiger partial charge in [0.05, 0.1) is 0 Å². The van der Waals surface area contributed by atoms with E-state index in [0.29, 0.717) is 12.0 Å². The molecule has 0 saturated carbocycles. The van der Waals surface area contributed by atoms with Gasteiger partial charge in [0.1, 0.15) is 0 Å². The third-order valence-corrected chi connectivity index (χ3v) is 4.44. The lowest BCUT2D eigenvalue weighted by Crippen LogP contribution is -2.55. The van der Waals surface area contributed by atoms with Crippen LogP contribution in [0.1, 0.15) is 27.2 Å². The molecule has 1 aliphatic heterocycles. The van der Waals surface area contributed by atoms with Crippen LogP contribution in [0.2, 0.25) is 0 Å². The molecule has 0 aromatic carbocycles. The van der Waals surface area contributed by atoms with E-state index in [9.17, 15) is 0 Å². The van der Waals surface area contributed by atoms with Crippen LogP contribution >= 0.6 is 0 Å². The van der Waals surface area contributed by atoms with Gasteiger partial charge in [0.2, 0.25) is 0 Å². The molecule has 136 valence electrons. The van der Waals surface area contributed by atoms with E-state index in [4.69, 9.17) is 4.74 Å². The van der Waals surface area contributed by atoms with Gasteiger partial charge in [-0.1, -0.05) is 13.8 Å². The van der Waals surface area contributed by atoms with Crippen molar-refractivity contribution in [3.8, 4) is 0 Å². The third-order valence-electron chi connectivity index (χ3n) is 4.44. The van der Waals surface area contributed by atoms with Gasteiger partial charge in [0, 0.05) is 65.6 Å². The topological polar surface area (TPSA) is 52.1 Å². The van der Waals surface area contributed by atoms with Crippen LogP contribution in [-0.4, -0.2) is 88.4 Å². The molecule has 0 amide bonds. The SMILES string of the molecule is CCOCCCNC(=NC)NCC(C(C)C)N1CCN(C)CC1. The molecule has 2 N–H and O–H groups in total. The quantitative estimate of drug-likeness (QED) is 0.374. The van der Waals surface area contributed by atoms with E-state index in [2.05, 4.69) is 46.3 Å². The number of hydrogen-bond acceptors (Lipinski definition) is 4. The van der Waals surface area contributed by atoms with Crippen molar-refractivity contribution in [1.82, 2.24) is 20.4 Å². The number of hydrogen-bond donors (Lipinski definition) is 2. The maximum Gasteiger partial charge on any atom is 0.191 e. The molecule has 0 aliphatic carbocycles. The Morgan fingerprint density at radius 1 is 1.17 bits per heavy atom. The minimum Gasteiger partial charge on any atom is -0.382 e. The van der Waals surface area contributed by atoms with Crippen LogP contribution in [0.25, 0.3) is 0 Å². The van der Waals surface area contributed by atoms with Crippen molar-refractivity contribution >= 4 is 5.96 Å². The van der Waals surface area contributed by atoms with Crippen molar-refractivity contribution in [2.75, 3.05) is 66.6 Å². The van der Waals surface area contributed by atoms with E-state index in [0.717, 1.165) is 64.9 Å². The van der Waals surface area contributed by atoms with Gasteiger partial charge in [-0.3, -0.25) is 9.89 Å². The molecule has 0 radical (unpaired) electrons. The standard InChI is InChI=1S/C17H37N5O/c1-6-23-13-7-8-19-17(18-4)20-14-16(15(2)3)22-11-9-21(5)10-12-22/h15-16H,6-14H2,1-5H3,(H2,18,19,20). The normalized spacial score (nSPS) is 19.1. The van der Waals surface area contributed by atoms with E-state index < -0.39 is 0 Å². The monoisotopic (exact) mass is 327 g/mol. The van der Waals surface area contributed by atoms with Crippen molar-refractivity contribution < 1.29 is 4.74 Å². The number of ether oxygens (including phenoxy) is 1. The summed E-state index contributed by atoms with van der Waals surface area (Å²) in [6, 6.07) is 0.547. The summed E-state index contributed by atoms with van der Waals surface area (Å²) in [4.78, 5) is 9.34. The van der Waals surface area contributed by atoms with Crippen LogP contribution in [0.4, 0.5) is 0 Å².